The number of amides is 2. The summed E-state index contributed by atoms with van der Waals surface area (Å²) in [6.07, 6.45) is 4.28. The molecule has 1 aliphatic heterocycles. The first-order valence-electron chi connectivity index (χ1n) is 18.3. The average molecular weight is 847 g/mol. The van der Waals surface area contributed by atoms with Crippen molar-refractivity contribution in [3.8, 4) is 0 Å². The van der Waals surface area contributed by atoms with E-state index in [0.29, 0.717) is 23.2 Å². The summed E-state index contributed by atoms with van der Waals surface area (Å²) in [5.74, 6) is -1.61. The Labute approximate surface area is 336 Å². The maximum Gasteiger partial charge on any atom is 0.333 e. The minimum absolute atomic E-state index is 0.0506. The third kappa shape index (κ3) is 9.52. The van der Waals surface area contributed by atoms with E-state index in [4.69, 9.17) is 10.2 Å². The molecule has 59 heavy (non-hydrogen) atoms. The number of unbranched alkanes of at least 4 members (excludes halogenated alkanes) is 4. The van der Waals surface area contributed by atoms with Gasteiger partial charge in [-0.2, -0.15) is 16.8 Å². The van der Waals surface area contributed by atoms with E-state index in [1.807, 2.05) is 19.2 Å². The van der Waals surface area contributed by atoms with Crippen molar-refractivity contribution in [2.45, 2.75) is 61.2 Å². The fourth-order valence-electron chi connectivity index (χ4n) is 6.59. The number of hydroxylamine groups is 2. The number of nitrogens with zero attached hydrogens (tertiary/aromatic N) is 3. The van der Waals surface area contributed by atoms with Crippen LogP contribution in [0.5, 0.6) is 0 Å². The van der Waals surface area contributed by atoms with Crippen molar-refractivity contribution in [2.24, 2.45) is 4.99 Å². The zero-order valence-electron chi connectivity index (χ0n) is 31.4. The molecule has 6 rings (SSSR count). The zero-order valence-corrected chi connectivity index (χ0v) is 33.1. The van der Waals surface area contributed by atoms with Crippen LogP contribution in [0.15, 0.2) is 97.2 Å². The predicted molar refractivity (Wildman–Crippen MR) is 213 cm³/mol. The van der Waals surface area contributed by atoms with Crippen LogP contribution in [0.1, 0.15) is 51.4 Å². The van der Waals surface area contributed by atoms with Crippen molar-refractivity contribution >= 4 is 71.5 Å². The lowest BCUT2D eigenvalue weighted by atomic mass is 10.0. The quantitative estimate of drug-likeness (QED) is 0.0413. The largest absolute Gasteiger partial charge is 0.375 e. The SMILES string of the molecule is CN(CCCCCCCC(=O)ON1C(=O)CCC1=O)c1ccc(NNc2ccc(N=c3cc(S(=O)(=O)O)c(=N)c4c(=O)c5ccccc5c(=O)c3=4)c(S(=O)(=O)O)c2)cc1. The van der Waals surface area contributed by atoms with E-state index in [1.165, 1.54) is 30.3 Å². The number of hydrogen-bond donors (Lipinski definition) is 5. The molecule has 308 valence electrons. The summed E-state index contributed by atoms with van der Waals surface area (Å²) in [7, 11) is -8.19. The molecule has 20 heteroatoms. The van der Waals surface area contributed by atoms with Gasteiger partial charge in [0.2, 0.25) is 0 Å². The number of carbonyl (C=O) groups is 3. The predicted octanol–water partition coefficient (Wildman–Crippen LogP) is 3.19. The van der Waals surface area contributed by atoms with Crippen LogP contribution in [0, 0.1) is 15.8 Å². The van der Waals surface area contributed by atoms with E-state index in [0.717, 1.165) is 50.0 Å². The van der Waals surface area contributed by atoms with Crippen molar-refractivity contribution in [2.75, 3.05) is 29.3 Å². The molecule has 1 fully saturated rings. The third-order valence-corrected chi connectivity index (χ3v) is 11.4. The minimum Gasteiger partial charge on any atom is -0.375 e. The fraction of sp³-hybridized carbons (Fsp3) is 0.256. The second-order valence-electron chi connectivity index (χ2n) is 13.7. The van der Waals surface area contributed by atoms with Crippen LogP contribution in [-0.2, 0) is 39.5 Å². The van der Waals surface area contributed by atoms with Gasteiger partial charge in [0.05, 0.1) is 38.2 Å². The number of carbonyl (C=O) groups excluding carboxylic acids is 3. The van der Waals surface area contributed by atoms with Crippen LogP contribution in [0.2, 0.25) is 0 Å². The number of anilines is 3. The Morgan fingerprint density at radius 3 is 1.95 bits per heavy atom. The number of benzene rings is 3. The van der Waals surface area contributed by atoms with E-state index in [-0.39, 0.29) is 35.7 Å². The number of rotatable bonds is 16. The Hall–Kier alpha value is -6.35. The van der Waals surface area contributed by atoms with E-state index in [1.54, 1.807) is 12.1 Å². The smallest absolute Gasteiger partial charge is 0.333 e. The monoisotopic (exact) mass is 846 g/mol. The Kier molecular flexibility index (Phi) is 12.4. The van der Waals surface area contributed by atoms with Crippen LogP contribution in [0.25, 0.3) is 10.8 Å². The molecule has 2 aliphatic carbocycles. The maximum absolute atomic E-state index is 13.6. The van der Waals surface area contributed by atoms with Gasteiger partial charge in [0.1, 0.15) is 9.79 Å². The molecule has 0 spiro atoms. The summed E-state index contributed by atoms with van der Waals surface area (Å²) in [4.78, 5) is 71.5. The molecule has 3 aromatic rings. The van der Waals surface area contributed by atoms with Crippen molar-refractivity contribution in [3.63, 3.8) is 0 Å². The Balaban J connectivity index is 1.11. The molecule has 0 radical (unpaired) electrons. The molecule has 5 N–H and O–H groups in total. The average Bonchev–Trinajstić information content (AvgIpc) is 3.50. The topological polar surface area (TPSA) is 270 Å². The second-order valence-corrected chi connectivity index (χ2v) is 16.5. The molecule has 0 unspecified atom stereocenters. The highest BCUT2D eigenvalue weighted by molar-refractivity contribution is 7.86. The van der Waals surface area contributed by atoms with Crippen molar-refractivity contribution in [3.05, 3.63) is 114 Å². The first-order chi connectivity index (χ1) is 27.9. The number of hydrogen-bond acceptors (Lipinski definition) is 15. The van der Waals surface area contributed by atoms with Crippen LogP contribution in [-0.4, -0.2) is 62.4 Å². The van der Waals surface area contributed by atoms with Crippen LogP contribution in [0.3, 0.4) is 0 Å². The lowest BCUT2D eigenvalue weighted by Crippen LogP contribution is -2.32. The Morgan fingerprint density at radius 2 is 1.32 bits per heavy atom. The van der Waals surface area contributed by atoms with Gasteiger partial charge in [-0.25, -0.2) is 9.79 Å². The summed E-state index contributed by atoms with van der Waals surface area (Å²) in [6, 6.07) is 17.2. The van der Waals surface area contributed by atoms with Gasteiger partial charge < -0.3 is 20.6 Å². The number of imide groups is 1. The molecule has 18 nitrogen and oxygen atoms in total. The highest BCUT2D eigenvalue weighted by Gasteiger charge is 2.32. The van der Waals surface area contributed by atoms with Crippen LogP contribution in [0.4, 0.5) is 22.7 Å². The van der Waals surface area contributed by atoms with Gasteiger partial charge in [-0.1, -0.05) is 43.5 Å². The van der Waals surface area contributed by atoms with Gasteiger partial charge in [0, 0.05) is 49.3 Å². The number of fused-ring (bicyclic) bond motifs is 1. The van der Waals surface area contributed by atoms with Crippen LogP contribution >= 0.6 is 0 Å². The van der Waals surface area contributed by atoms with Gasteiger partial charge in [-0.3, -0.25) is 33.7 Å². The first-order valence-corrected chi connectivity index (χ1v) is 21.1. The van der Waals surface area contributed by atoms with Gasteiger partial charge >= 0.3 is 5.97 Å². The lowest BCUT2D eigenvalue weighted by Gasteiger charge is -2.20. The molecule has 0 saturated carbocycles. The zero-order chi connectivity index (χ0) is 42.6. The summed E-state index contributed by atoms with van der Waals surface area (Å²) in [6.45, 7) is 0.757. The van der Waals surface area contributed by atoms with Gasteiger partial charge in [-0.15, -0.1) is 5.06 Å². The second kappa shape index (κ2) is 17.2. The summed E-state index contributed by atoms with van der Waals surface area (Å²) in [5.41, 5.74) is 5.31. The fourth-order valence-corrected chi connectivity index (χ4v) is 7.86. The number of hydrazine groups is 1. The summed E-state index contributed by atoms with van der Waals surface area (Å²) in [5, 5.41) is 6.22. The molecular weight excluding hydrogens is 809 g/mol. The molecule has 1 heterocycles. The molecule has 0 aromatic heterocycles. The van der Waals surface area contributed by atoms with E-state index < -0.39 is 85.5 Å². The van der Waals surface area contributed by atoms with Gasteiger partial charge in [0.25, 0.3) is 32.1 Å². The molecule has 3 aliphatic rings. The molecule has 0 atom stereocenters. The van der Waals surface area contributed by atoms with E-state index >= 15 is 0 Å². The van der Waals surface area contributed by atoms with E-state index in [9.17, 15) is 49.9 Å². The van der Waals surface area contributed by atoms with Crippen molar-refractivity contribution in [1.29, 1.82) is 5.41 Å². The van der Waals surface area contributed by atoms with Gasteiger partial charge in [-0.05, 0) is 61.4 Å². The van der Waals surface area contributed by atoms with Crippen molar-refractivity contribution in [1.82, 2.24) is 5.06 Å². The molecule has 1 saturated heterocycles. The standard InChI is InChI=1S/C39H38N6O12S2/c1-44(20-8-4-2-3-5-11-34(48)57-45-32(46)18-19-33(45)47)25-15-12-23(13-16-25)42-43-24-14-17-28(30(21-24)58(51,52)53)41-29-22-31(59(54,55)56)37(40)36-35(29)38(49)26-9-6-7-10-27(26)39(36)50/h6-7,9-10,12-17,21-22,40,42-43H,2-5,8,11,18-20H2,1H3,(H,51,52,53)(H,54,55,56). The maximum atomic E-state index is 13.6. The Morgan fingerprint density at radius 1 is 0.763 bits per heavy atom. The van der Waals surface area contributed by atoms with Crippen molar-refractivity contribution < 1.29 is 45.2 Å². The third-order valence-electron chi connectivity index (χ3n) is 9.63. The Bertz CT molecular complexity index is 2990. The lowest BCUT2D eigenvalue weighted by molar-refractivity contribution is -0.197. The molecule has 2 amide bonds. The first kappa shape index (κ1) is 42.3. The normalized spacial score (nSPS) is 13.7. The molecule has 0 bridgehead atoms. The van der Waals surface area contributed by atoms with Crippen LogP contribution < -0.4 is 37.3 Å². The number of nitrogens with one attached hydrogen (secondary N) is 3. The highest BCUT2D eigenvalue weighted by Crippen LogP contribution is 2.28. The molecular formula is C39H38N6O12S2. The summed E-state index contributed by atoms with van der Waals surface area (Å²) < 4.78 is 69.7. The molecule has 3 aromatic carbocycles. The summed E-state index contributed by atoms with van der Waals surface area (Å²) >= 11 is 0. The van der Waals surface area contributed by atoms with E-state index in [2.05, 4.69) is 20.7 Å². The minimum atomic E-state index is -5.13. The van der Waals surface area contributed by atoms with Gasteiger partial charge in [0.15, 0.2) is 10.9 Å². The highest BCUT2D eigenvalue weighted by atomic mass is 32.2.